The van der Waals surface area contributed by atoms with Crippen molar-refractivity contribution in [2.45, 2.75) is 28.7 Å². The van der Waals surface area contributed by atoms with E-state index in [-0.39, 0.29) is 28.4 Å². The van der Waals surface area contributed by atoms with Crippen molar-refractivity contribution in [2.24, 2.45) is 0 Å². The Kier molecular flexibility index (Phi) is 4.76. The van der Waals surface area contributed by atoms with Gasteiger partial charge in [0.2, 0.25) is 0 Å². The quantitative estimate of drug-likeness (QED) is 0.545. The molecule has 150 valence electrons. The van der Waals surface area contributed by atoms with Crippen molar-refractivity contribution in [3.05, 3.63) is 82.6 Å². The number of amides is 2. The number of nitrogens with zero attached hydrogens (tertiary/aromatic N) is 1. The maximum Gasteiger partial charge on any atom is 0.259 e. The van der Waals surface area contributed by atoms with Gasteiger partial charge in [0.25, 0.3) is 11.8 Å². The summed E-state index contributed by atoms with van der Waals surface area (Å²) in [6, 6.07) is 17.2. The largest absolute Gasteiger partial charge is 0.322 e. The third-order valence-electron chi connectivity index (χ3n) is 5.13. The lowest BCUT2D eigenvalue weighted by Gasteiger charge is -2.23. The molecule has 0 saturated heterocycles. The zero-order chi connectivity index (χ0) is 20.8. The van der Waals surface area contributed by atoms with Gasteiger partial charge < -0.3 is 10.2 Å². The van der Waals surface area contributed by atoms with Crippen LogP contribution in [-0.2, 0) is 0 Å². The monoisotopic (exact) mass is 438 g/mol. The molecule has 1 fully saturated rings. The second-order valence-corrected chi connectivity index (χ2v) is 8.76. The van der Waals surface area contributed by atoms with Crippen molar-refractivity contribution >= 4 is 46.6 Å². The van der Waals surface area contributed by atoms with Gasteiger partial charge >= 0.3 is 0 Å². The molecule has 3 aromatic rings. The summed E-state index contributed by atoms with van der Waals surface area (Å²) in [6.45, 7) is 0. The van der Waals surface area contributed by atoms with Crippen molar-refractivity contribution in [3.8, 4) is 0 Å². The minimum Gasteiger partial charge on any atom is -0.322 e. The van der Waals surface area contributed by atoms with Crippen LogP contribution in [0.4, 0.5) is 15.8 Å². The van der Waals surface area contributed by atoms with Gasteiger partial charge in [-0.1, -0.05) is 35.5 Å². The SMILES string of the molecule is O=C(Nc1ccc2c(c1)Sc1ccccc1C(=O)N2C1CC1)c1ccc(F)c(Cl)c1. The van der Waals surface area contributed by atoms with Gasteiger partial charge in [-0.15, -0.1) is 0 Å². The van der Waals surface area contributed by atoms with Gasteiger partial charge in [-0.05, 0) is 61.4 Å². The van der Waals surface area contributed by atoms with E-state index in [0.29, 0.717) is 11.3 Å². The smallest absolute Gasteiger partial charge is 0.259 e. The summed E-state index contributed by atoms with van der Waals surface area (Å²) in [7, 11) is 0. The van der Waals surface area contributed by atoms with Crippen molar-refractivity contribution in [1.29, 1.82) is 0 Å². The molecule has 1 saturated carbocycles. The van der Waals surface area contributed by atoms with Gasteiger partial charge in [-0.3, -0.25) is 9.59 Å². The first-order chi connectivity index (χ1) is 14.5. The Hall–Kier alpha value is -2.83. The summed E-state index contributed by atoms with van der Waals surface area (Å²) in [5, 5.41) is 2.73. The van der Waals surface area contributed by atoms with Gasteiger partial charge in [0.05, 0.1) is 16.3 Å². The summed E-state index contributed by atoms with van der Waals surface area (Å²) in [6.07, 6.45) is 1.98. The maximum absolute atomic E-state index is 13.4. The number of carbonyl (C=O) groups excluding carboxylic acids is 2. The molecule has 1 aliphatic heterocycles. The number of hydrogen-bond acceptors (Lipinski definition) is 3. The Balaban J connectivity index is 1.50. The summed E-state index contributed by atoms with van der Waals surface area (Å²) in [4.78, 5) is 29.4. The van der Waals surface area contributed by atoms with Crippen LogP contribution in [0.5, 0.6) is 0 Å². The van der Waals surface area contributed by atoms with Crippen molar-refractivity contribution < 1.29 is 14.0 Å². The van der Waals surface area contributed by atoms with Crippen molar-refractivity contribution in [2.75, 3.05) is 10.2 Å². The van der Waals surface area contributed by atoms with Gasteiger partial charge in [0.15, 0.2) is 0 Å². The van der Waals surface area contributed by atoms with E-state index in [4.69, 9.17) is 11.6 Å². The van der Waals surface area contributed by atoms with E-state index in [1.807, 2.05) is 41.3 Å². The molecule has 0 radical (unpaired) electrons. The lowest BCUT2D eigenvalue weighted by molar-refractivity contribution is 0.0981. The third-order valence-corrected chi connectivity index (χ3v) is 6.54. The Bertz CT molecular complexity index is 1200. The van der Waals surface area contributed by atoms with Crippen LogP contribution in [0.15, 0.2) is 70.5 Å². The van der Waals surface area contributed by atoms with Gasteiger partial charge in [-0.2, -0.15) is 0 Å². The van der Waals surface area contributed by atoms with Crippen LogP contribution >= 0.6 is 23.4 Å². The molecule has 3 aromatic carbocycles. The standard InChI is InChI=1S/C23H16ClFN2O2S/c24-17-11-13(5-9-18(17)25)22(28)26-14-6-10-19-21(12-14)30-20-4-2-1-3-16(20)23(29)27(19)15-7-8-15/h1-6,9-12,15H,7-8H2,(H,26,28). The molecule has 0 bridgehead atoms. The van der Waals surface area contributed by atoms with E-state index in [2.05, 4.69) is 5.32 Å². The molecule has 1 aliphatic carbocycles. The van der Waals surface area contributed by atoms with Crippen LogP contribution < -0.4 is 10.2 Å². The second-order valence-electron chi connectivity index (χ2n) is 7.27. The maximum atomic E-state index is 13.4. The minimum atomic E-state index is -0.571. The molecular formula is C23H16ClFN2O2S. The molecule has 7 heteroatoms. The molecule has 0 atom stereocenters. The Morgan fingerprint density at radius 3 is 2.63 bits per heavy atom. The molecule has 30 heavy (non-hydrogen) atoms. The molecule has 0 unspecified atom stereocenters. The third kappa shape index (κ3) is 3.46. The van der Waals surface area contributed by atoms with Gasteiger partial charge in [0.1, 0.15) is 5.82 Å². The van der Waals surface area contributed by atoms with Crippen LogP contribution in [0, 0.1) is 5.82 Å². The van der Waals surface area contributed by atoms with E-state index in [0.717, 1.165) is 28.3 Å². The first-order valence-corrected chi connectivity index (χ1v) is 10.7. The van der Waals surface area contributed by atoms with Crippen LogP contribution in [0.3, 0.4) is 0 Å². The fourth-order valence-electron chi connectivity index (χ4n) is 3.50. The molecule has 1 N–H and O–H groups in total. The van der Waals surface area contributed by atoms with Crippen LogP contribution in [-0.4, -0.2) is 17.9 Å². The molecule has 2 amide bonds. The van der Waals surface area contributed by atoms with Crippen LogP contribution in [0.1, 0.15) is 33.6 Å². The Morgan fingerprint density at radius 2 is 1.87 bits per heavy atom. The molecule has 4 nitrogen and oxygen atoms in total. The average molecular weight is 439 g/mol. The van der Waals surface area contributed by atoms with Crippen LogP contribution in [0.25, 0.3) is 0 Å². The number of nitrogens with one attached hydrogen (secondary N) is 1. The lowest BCUT2D eigenvalue weighted by atomic mass is 10.1. The van der Waals surface area contributed by atoms with Crippen molar-refractivity contribution in [1.82, 2.24) is 0 Å². The first kappa shape index (κ1) is 19.2. The number of halogens is 2. The van der Waals surface area contributed by atoms with E-state index in [1.54, 1.807) is 6.07 Å². The fourth-order valence-corrected chi connectivity index (χ4v) is 4.78. The number of fused-ring (bicyclic) bond motifs is 2. The summed E-state index contributed by atoms with van der Waals surface area (Å²) < 4.78 is 13.4. The molecule has 2 aliphatic rings. The minimum absolute atomic E-state index is 0.0112. The number of carbonyl (C=O) groups is 2. The summed E-state index contributed by atoms with van der Waals surface area (Å²) in [5.74, 6) is -0.943. The Morgan fingerprint density at radius 1 is 1.07 bits per heavy atom. The fraction of sp³-hybridized carbons (Fsp3) is 0.130. The topological polar surface area (TPSA) is 49.4 Å². The highest BCUT2D eigenvalue weighted by atomic mass is 35.5. The molecule has 0 aromatic heterocycles. The van der Waals surface area contributed by atoms with E-state index >= 15 is 0 Å². The van der Waals surface area contributed by atoms with Crippen LogP contribution in [0.2, 0.25) is 5.02 Å². The van der Waals surface area contributed by atoms with E-state index in [9.17, 15) is 14.0 Å². The molecular weight excluding hydrogens is 423 g/mol. The zero-order valence-corrected chi connectivity index (χ0v) is 17.3. The molecule has 0 spiro atoms. The highest BCUT2D eigenvalue weighted by molar-refractivity contribution is 7.99. The lowest BCUT2D eigenvalue weighted by Crippen LogP contribution is -2.32. The van der Waals surface area contributed by atoms with Gasteiger partial charge in [-0.25, -0.2) is 4.39 Å². The predicted octanol–water partition coefficient (Wildman–Crippen LogP) is 6.01. The summed E-state index contributed by atoms with van der Waals surface area (Å²) >= 11 is 7.30. The van der Waals surface area contributed by atoms with E-state index < -0.39 is 5.82 Å². The normalized spacial score (nSPS) is 15.3. The zero-order valence-electron chi connectivity index (χ0n) is 15.7. The average Bonchev–Trinajstić information content (AvgIpc) is 3.57. The number of rotatable bonds is 3. The highest BCUT2D eigenvalue weighted by Crippen LogP contribution is 2.46. The van der Waals surface area contributed by atoms with E-state index in [1.165, 1.54) is 30.0 Å². The van der Waals surface area contributed by atoms with Gasteiger partial charge in [0, 0.05) is 27.1 Å². The summed E-state index contributed by atoms with van der Waals surface area (Å²) in [5.41, 5.74) is 2.40. The first-order valence-electron chi connectivity index (χ1n) is 9.52. The predicted molar refractivity (Wildman–Crippen MR) is 116 cm³/mol. The molecule has 5 rings (SSSR count). The van der Waals surface area contributed by atoms with Crippen molar-refractivity contribution in [3.63, 3.8) is 0 Å². The highest BCUT2D eigenvalue weighted by Gasteiger charge is 2.38. The number of anilines is 2. The Labute approximate surface area is 182 Å². The number of hydrogen-bond donors (Lipinski definition) is 1. The number of benzene rings is 3. The second kappa shape index (κ2) is 7.45. The molecule has 1 heterocycles.